The fourth-order valence-corrected chi connectivity index (χ4v) is 2.31. The van der Waals surface area contributed by atoms with Gasteiger partial charge >= 0.3 is 5.97 Å². The Labute approximate surface area is 109 Å². The Morgan fingerprint density at radius 1 is 1.53 bits per heavy atom. The zero-order valence-electron chi connectivity index (χ0n) is 10.4. The maximum absolute atomic E-state index is 12.1. The summed E-state index contributed by atoms with van der Waals surface area (Å²) >= 11 is 0. The van der Waals surface area contributed by atoms with Crippen molar-refractivity contribution in [1.82, 2.24) is 0 Å². The number of nitrogens with one attached hydrogen (secondary N) is 1. The van der Waals surface area contributed by atoms with Crippen LogP contribution in [0.1, 0.15) is 12.5 Å². The molecule has 1 unspecified atom stereocenters. The van der Waals surface area contributed by atoms with E-state index in [1.165, 1.54) is 12.3 Å². The minimum atomic E-state index is -1.81. The number of hydrogen-bond acceptors (Lipinski definition) is 6. The maximum atomic E-state index is 12.1. The van der Waals surface area contributed by atoms with E-state index in [0.717, 1.165) is 0 Å². The molecule has 2 aliphatic rings. The highest BCUT2D eigenvalue weighted by molar-refractivity contribution is 5.86. The Bertz CT molecular complexity index is 696. The number of fused-ring (bicyclic) bond motifs is 3. The van der Waals surface area contributed by atoms with E-state index in [1.54, 1.807) is 13.0 Å². The molecule has 0 fully saturated rings. The number of carbonyl (C=O) groups is 1. The van der Waals surface area contributed by atoms with E-state index in [2.05, 4.69) is 15.3 Å². The average molecular weight is 259 g/mol. The lowest BCUT2D eigenvalue weighted by Gasteiger charge is -2.26. The van der Waals surface area contributed by atoms with Gasteiger partial charge in [0.25, 0.3) is 0 Å². The van der Waals surface area contributed by atoms with Gasteiger partial charge < -0.3 is 15.2 Å². The summed E-state index contributed by atoms with van der Waals surface area (Å²) in [6, 6.07) is 3.54. The van der Waals surface area contributed by atoms with Crippen molar-refractivity contribution in [3.63, 3.8) is 0 Å². The highest BCUT2D eigenvalue weighted by atomic mass is 16.5. The number of esters is 1. The summed E-state index contributed by atoms with van der Waals surface area (Å²) in [5.74, 6) is -0.704. The van der Waals surface area contributed by atoms with Crippen LogP contribution in [0.15, 0.2) is 34.4 Å². The van der Waals surface area contributed by atoms with Crippen LogP contribution in [-0.2, 0) is 15.1 Å². The highest BCUT2D eigenvalue weighted by Crippen LogP contribution is 2.29. The molecule has 0 radical (unpaired) electrons. The lowest BCUT2D eigenvalue weighted by molar-refractivity contribution is -0.161. The minimum Gasteiger partial charge on any atom is -0.463 e. The standard InChI is InChI=1S/C13H13N3O3/c1-2-19-12(17)13(18)5-6-14-8-3-4-9-11(10(8)13)16-7-15-9/h3-6,16,18H,2,7H2,1H3. The molecule has 1 atom stereocenters. The first-order chi connectivity index (χ1) is 9.16. The number of hydrogen-bond donors (Lipinski definition) is 2. The van der Waals surface area contributed by atoms with E-state index in [-0.39, 0.29) is 6.61 Å². The van der Waals surface area contributed by atoms with Crippen molar-refractivity contribution in [2.24, 2.45) is 9.98 Å². The van der Waals surface area contributed by atoms with Gasteiger partial charge in [0.05, 0.1) is 28.6 Å². The summed E-state index contributed by atoms with van der Waals surface area (Å²) in [5.41, 5.74) is -0.765. The van der Waals surface area contributed by atoms with Crippen molar-refractivity contribution in [2.75, 3.05) is 18.6 Å². The van der Waals surface area contributed by atoms with Crippen molar-refractivity contribution >= 4 is 11.7 Å². The van der Waals surface area contributed by atoms with E-state index in [4.69, 9.17) is 4.74 Å². The third-order valence-corrected chi connectivity index (χ3v) is 3.16. The zero-order chi connectivity index (χ0) is 13.5. The predicted molar refractivity (Wildman–Crippen MR) is 66.9 cm³/mol. The molecule has 0 bridgehead atoms. The first-order valence-electron chi connectivity index (χ1n) is 6.04. The number of nitrogens with zero attached hydrogens (tertiary/aromatic N) is 2. The molecule has 2 N–H and O–H groups in total. The van der Waals surface area contributed by atoms with Crippen LogP contribution < -0.4 is 16.0 Å². The summed E-state index contributed by atoms with van der Waals surface area (Å²) in [6.45, 7) is 2.32. The molecule has 0 amide bonds. The summed E-state index contributed by atoms with van der Waals surface area (Å²) in [6.07, 6.45) is 2.76. The Balaban J connectivity index is 2.25. The monoisotopic (exact) mass is 259 g/mol. The summed E-state index contributed by atoms with van der Waals surface area (Å²) in [5, 5.41) is 15.0. The number of benzene rings is 1. The third kappa shape index (κ3) is 1.64. The van der Waals surface area contributed by atoms with E-state index in [0.29, 0.717) is 28.6 Å². The topological polar surface area (TPSA) is 83.3 Å². The molecular weight excluding hydrogens is 246 g/mol. The Kier molecular flexibility index (Phi) is 2.60. The fraction of sp³-hybridized carbons (Fsp3) is 0.308. The molecule has 6 nitrogen and oxygen atoms in total. The van der Waals surface area contributed by atoms with Crippen LogP contribution in [0, 0.1) is 0 Å². The van der Waals surface area contributed by atoms with Gasteiger partial charge in [-0.1, -0.05) is 0 Å². The van der Waals surface area contributed by atoms with Crippen molar-refractivity contribution in [1.29, 1.82) is 0 Å². The quantitative estimate of drug-likeness (QED) is 0.707. The second-order valence-electron chi connectivity index (χ2n) is 4.28. The van der Waals surface area contributed by atoms with Gasteiger partial charge in [0.1, 0.15) is 6.67 Å². The summed E-state index contributed by atoms with van der Waals surface area (Å²) in [4.78, 5) is 20.5. The molecule has 2 aliphatic heterocycles. The number of aliphatic hydroxyl groups is 1. The van der Waals surface area contributed by atoms with Gasteiger partial charge in [-0.05, 0) is 25.1 Å². The van der Waals surface area contributed by atoms with Crippen LogP contribution in [0.5, 0.6) is 0 Å². The van der Waals surface area contributed by atoms with Crippen LogP contribution >= 0.6 is 0 Å². The molecule has 1 aromatic rings. The second kappa shape index (κ2) is 4.17. The molecule has 0 aromatic heterocycles. The van der Waals surface area contributed by atoms with Crippen LogP contribution in [0.25, 0.3) is 0 Å². The van der Waals surface area contributed by atoms with Crippen molar-refractivity contribution in [2.45, 2.75) is 12.5 Å². The molecule has 0 saturated heterocycles. The minimum absolute atomic E-state index is 0.203. The van der Waals surface area contributed by atoms with Gasteiger partial charge in [0, 0.05) is 6.20 Å². The number of ether oxygens (including phenoxy) is 1. The van der Waals surface area contributed by atoms with Gasteiger partial charge in [-0.15, -0.1) is 0 Å². The third-order valence-electron chi connectivity index (χ3n) is 3.16. The number of anilines is 1. The van der Waals surface area contributed by atoms with Crippen molar-refractivity contribution < 1.29 is 14.6 Å². The summed E-state index contributed by atoms with van der Waals surface area (Å²) < 4.78 is 4.96. The molecule has 0 spiro atoms. The summed E-state index contributed by atoms with van der Waals surface area (Å²) in [7, 11) is 0. The van der Waals surface area contributed by atoms with Crippen LogP contribution in [0.2, 0.25) is 0 Å². The first-order valence-corrected chi connectivity index (χ1v) is 6.04. The zero-order valence-corrected chi connectivity index (χ0v) is 10.4. The van der Waals surface area contributed by atoms with Gasteiger partial charge in [-0.2, -0.15) is 0 Å². The van der Waals surface area contributed by atoms with Gasteiger partial charge in [0.15, 0.2) is 0 Å². The van der Waals surface area contributed by atoms with Crippen molar-refractivity contribution in [3.8, 4) is 0 Å². The Morgan fingerprint density at radius 3 is 3.11 bits per heavy atom. The van der Waals surface area contributed by atoms with Gasteiger partial charge in [0.2, 0.25) is 5.60 Å². The predicted octanol–water partition coefficient (Wildman–Crippen LogP) is -0.413. The van der Waals surface area contributed by atoms with E-state index in [1.807, 2.05) is 6.07 Å². The first kappa shape index (κ1) is 11.9. The maximum Gasteiger partial charge on any atom is 0.347 e. The number of rotatable bonds is 2. The molecule has 1 aromatic carbocycles. The van der Waals surface area contributed by atoms with Crippen LogP contribution in [0.3, 0.4) is 0 Å². The average Bonchev–Trinajstić information content (AvgIpc) is 2.87. The fourth-order valence-electron chi connectivity index (χ4n) is 2.31. The largest absolute Gasteiger partial charge is 0.463 e. The Morgan fingerprint density at radius 2 is 2.32 bits per heavy atom. The van der Waals surface area contributed by atoms with Crippen LogP contribution in [0.4, 0.5) is 5.69 Å². The molecule has 0 aliphatic carbocycles. The van der Waals surface area contributed by atoms with Gasteiger partial charge in [-0.25, -0.2) is 4.79 Å². The normalized spacial score (nSPS) is 22.6. The van der Waals surface area contributed by atoms with E-state index in [9.17, 15) is 9.90 Å². The lowest BCUT2D eigenvalue weighted by Crippen LogP contribution is -2.42. The molecule has 98 valence electrons. The lowest BCUT2D eigenvalue weighted by atomic mass is 9.90. The molecule has 2 heterocycles. The smallest absolute Gasteiger partial charge is 0.347 e. The van der Waals surface area contributed by atoms with Crippen molar-refractivity contribution in [3.05, 3.63) is 40.7 Å². The molecular formula is C13H13N3O3. The van der Waals surface area contributed by atoms with E-state index < -0.39 is 11.6 Å². The molecule has 6 heteroatoms. The Hall–Kier alpha value is -2.21. The van der Waals surface area contributed by atoms with E-state index >= 15 is 0 Å². The van der Waals surface area contributed by atoms with Gasteiger partial charge in [-0.3, -0.25) is 9.98 Å². The number of carbonyl (C=O) groups excluding carboxylic acids is 1. The molecule has 0 saturated carbocycles. The molecule has 19 heavy (non-hydrogen) atoms. The van der Waals surface area contributed by atoms with Crippen LogP contribution in [-0.4, -0.2) is 24.4 Å². The second-order valence-corrected chi connectivity index (χ2v) is 4.28. The SMILES string of the molecule is CCOC(=O)C1(O)C=CN=c2ccc3c(c21)NCN=3. The molecule has 3 rings (SSSR count). The highest BCUT2D eigenvalue weighted by Gasteiger charge is 2.42.